The van der Waals surface area contributed by atoms with Gasteiger partial charge in [0.2, 0.25) is 0 Å². The average Bonchev–Trinajstić information content (AvgIpc) is 2.74. The normalized spacial score (nSPS) is 37.9. The van der Waals surface area contributed by atoms with Crippen molar-refractivity contribution in [2.24, 2.45) is 5.92 Å². The summed E-state index contributed by atoms with van der Waals surface area (Å²) < 4.78 is 0. The van der Waals surface area contributed by atoms with E-state index in [-0.39, 0.29) is 0 Å². The van der Waals surface area contributed by atoms with Crippen molar-refractivity contribution in [2.75, 3.05) is 6.54 Å². The van der Waals surface area contributed by atoms with Gasteiger partial charge in [-0.05, 0) is 57.9 Å². The van der Waals surface area contributed by atoms with Crippen molar-refractivity contribution >= 4 is 5.97 Å². The van der Waals surface area contributed by atoms with Crippen LogP contribution in [0, 0.1) is 5.92 Å². The molecule has 0 radical (unpaired) electrons. The molecule has 2 rings (SSSR count). The highest BCUT2D eigenvalue weighted by molar-refractivity contribution is 5.78. The number of carbonyl (C=O) groups is 1. The van der Waals surface area contributed by atoms with E-state index in [2.05, 4.69) is 11.8 Å². The van der Waals surface area contributed by atoms with E-state index in [0.29, 0.717) is 6.04 Å². The molecule has 3 nitrogen and oxygen atoms in total. The third kappa shape index (κ3) is 2.56. The Balaban J connectivity index is 1.95. The fourth-order valence-electron chi connectivity index (χ4n) is 3.95. The number of carboxylic acids is 1. The summed E-state index contributed by atoms with van der Waals surface area (Å²) in [5.41, 5.74) is -0.595. The number of hydrogen-bond acceptors (Lipinski definition) is 2. The second-order valence-corrected chi connectivity index (χ2v) is 6.34. The largest absolute Gasteiger partial charge is 0.480 e. The van der Waals surface area contributed by atoms with Gasteiger partial charge in [-0.1, -0.05) is 19.8 Å². The molecule has 1 saturated carbocycles. The number of aliphatic carboxylic acids is 1. The van der Waals surface area contributed by atoms with Gasteiger partial charge in [0.15, 0.2) is 0 Å². The van der Waals surface area contributed by atoms with Crippen LogP contribution in [0.15, 0.2) is 0 Å². The third-order valence-corrected chi connectivity index (χ3v) is 5.11. The number of likely N-dealkylation sites (tertiary alicyclic amines) is 1. The molecule has 0 amide bonds. The van der Waals surface area contributed by atoms with Crippen molar-refractivity contribution in [3.05, 3.63) is 0 Å². The maximum absolute atomic E-state index is 11.5. The molecule has 1 heterocycles. The van der Waals surface area contributed by atoms with Gasteiger partial charge in [-0.15, -0.1) is 0 Å². The summed E-state index contributed by atoms with van der Waals surface area (Å²) in [4.78, 5) is 13.8. The molecule has 0 aromatic carbocycles. The Morgan fingerprint density at radius 1 is 1.33 bits per heavy atom. The smallest absolute Gasteiger partial charge is 0.323 e. The fourth-order valence-corrected chi connectivity index (χ4v) is 3.95. The molecule has 18 heavy (non-hydrogen) atoms. The average molecular weight is 253 g/mol. The van der Waals surface area contributed by atoms with Crippen LogP contribution >= 0.6 is 0 Å². The third-order valence-electron chi connectivity index (χ3n) is 5.11. The molecule has 1 unspecified atom stereocenters. The van der Waals surface area contributed by atoms with E-state index in [0.717, 1.165) is 25.3 Å². The number of nitrogens with zero attached hydrogens (tertiary/aromatic N) is 1. The van der Waals surface area contributed by atoms with Crippen molar-refractivity contribution < 1.29 is 9.90 Å². The Kier molecular flexibility index (Phi) is 4.31. The van der Waals surface area contributed by atoms with Gasteiger partial charge in [0, 0.05) is 6.04 Å². The van der Waals surface area contributed by atoms with Crippen LogP contribution < -0.4 is 0 Å². The van der Waals surface area contributed by atoms with Gasteiger partial charge < -0.3 is 5.11 Å². The maximum Gasteiger partial charge on any atom is 0.323 e. The molecule has 1 aliphatic carbocycles. The van der Waals surface area contributed by atoms with Crippen LogP contribution in [0.1, 0.15) is 65.2 Å². The van der Waals surface area contributed by atoms with E-state index in [4.69, 9.17) is 0 Å². The molecule has 0 aromatic rings. The lowest BCUT2D eigenvalue weighted by Gasteiger charge is -2.41. The molecule has 1 saturated heterocycles. The van der Waals surface area contributed by atoms with Crippen LogP contribution in [0.5, 0.6) is 0 Å². The molecule has 0 spiro atoms. The molecule has 1 aliphatic heterocycles. The lowest BCUT2D eigenvalue weighted by atomic mass is 9.82. The van der Waals surface area contributed by atoms with Crippen LogP contribution in [0.25, 0.3) is 0 Å². The topological polar surface area (TPSA) is 40.5 Å². The standard InChI is InChI=1S/C15H27NO2/c1-3-5-12-6-8-13(9-7-12)16-11-4-10-15(16,2)14(17)18/h12-13H,3-11H2,1-2H3,(H,17,18). The molecule has 3 heteroatoms. The number of hydrogen-bond donors (Lipinski definition) is 1. The molecule has 2 fully saturated rings. The van der Waals surface area contributed by atoms with Gasteiger partial charge in [0.25, 0.3) is 0 Å². The van der Waals surface area contributed by atoms with Crippen molar-refractivity contribution in [3.8, 4) is 0 Å². The molecule has 0 bridgehead atoms. The zero-order valence-corrected chi connectivity index (χ0v) is 11.8. The molecule has 0 aromatic heterocycles. The van der Waals surface area contributed by atoms with Gasteiger partial charge >= 0.3 is 5.97 Å². The first-order valence-electron chi connectivity index (χ1n) is 7.58. The van der Waals surface area contributed by atoms with Crippen molar-refractivity contribution in [1.29, 1.82) is 0 Å². The zero-order valence-electron chi connectivity index (χ0n) is 11.8. The Morgan fingerprint density at radius 2 is 2.00 bits per heavy atom. The van der Waals surface area contributed by atoms with Crippen LogP contribution in [0.3, 0.4) is 0 Å². The lowest BCUT2D eigenvalue weighted by molar-refractivity contribution is -0.150. The van der Waals surface area contributed by atoms with E-state index in [1.807, 2.05) is 6.92 Å². The minimum absolute atomic E-state index is 0.515. The molecule has 1 N–H and O–H groups in total. The van der Waals surface area contributed by atoms with E-state index in [1.165, 1.54) is 38.5 Å². The van der Waals surface area contributed by atoms with E-state index in [1.54, 1.807) is 0 Å². The Bertz CT molecular complexity index is 297. The van der Waals surface area contributed by atoms with E-state index >= 15 is 0 Å². The molecular weight excluding hydrogens is 226 g/mol. The van der Waals surface area contributed by atoms with Gasteiger partial charge in [-0.2, -0.15) is 0 Å². The van der Waals surface area contributed by atoms with Crippen LogP contribution in [0.2, 0.25) is 0 Å². The lowest BCUT2D eigenvalue weighted by Crippen LogP contribution is -2.53. The molecule has 104 valence electrons. The first kappa shape index (κ1) is 13.9. The summed E-state index contributed by atoms with van der Waals surface area (Å²) in [6.07, 6.45) is 9.49. The summed E-state index contributed by atoms with van der Waals surface area (Å²) in [6.45, 7) is 5.15. The highest BCUT2D eigenvalue weighted by Crippen LogP contribution is 2.38. The van der Waals surface area contributed by atoms with Crippen molar-refractivity contribution in [2.45, 2.75) is 76.8 Å². The zero-order chi connectivity index (χ0) is 13.2. The second kappa shape index (κ2) is 5.60. The predicted octanol–water partition coefficient (Wildman–Crippen LogP) is 3.28. The van der Waals surface area contributed by atoms with Gasteiger partial charge in [0.05, 0.1) is 0 Å². The van der Waals surface area contributed by atoms with Gasteiger partial charge in [-0.25, -0.2) is 0 Å². The number of rotatable bonds is 4. The summed E-state index contributed by atoms with van der Waals surface area (Å²) in [5.74, 6) is 0.264. The van der Waals surface area contributed by atoms with Crippen LogP contribution in [0.4, 0.5) is 0 Å². The summed E-state index contributed by atoms with van der Waals surface area (Å²) in [6, 6.07) is 0.515. The monoisotopic (exact) mass is 253 g/mol. The first-order chi connectivity index (χ1) is 8.58. The second-order valence-electron chi connectivity index (χ2n) is 6.34. The SMILES string of the molecule is CCCC1CCC(N2CCCC2(C)C(=O)O)CC1. The quantitative estimate of drug-likeness (QED) is 0.836. The highest BCUT2D eigenvalue weighted by atomic mass is 16.4. The molecule has 1 atom stereocenters. The maximum atomic E-state index is 11.5. The fraction of sp³-hybridized carbons (Fsp3) is 0.933. The number of carboxylic acid groups (broad SMARTS) is 1. The highest BCUT2D eigenvalue weighted by Gasteiger charge is 2.46. The Morgan fingerprint density at radius 3 is 2.56 bits per heavy atom. The van der Waals surface area contributed by atoms with Crippen molar-refractivity contribution in [3.63, 3.8) is 0 Å². The molecular formula is C15H27NO2. The Hall–Kier alpha value is -0.570. The summed E-state index contributed by atoms with van der Waals surface area (Å²) >= 11 is 0. The summed E-state index contributed by atoms with van der Waals surface area (Å²) in [7, 11) is 0. The van der Waals surface area contributed by atoms with E-state index in [9.17, 15) is 9.90 Å². The minimum atomic E-state index is -0.629. The van der Waals surface area contributed by atoms with Crippen LogP contribution in [-0.2, 0) is 4.79 Å². The molecule has 2 aliphatic rings. The minimum Gasteiger partial charge on any atom is -0.480 e. The summed E-state index contributed by atoms with van der Waals surface area (Å²) in [5, 5.41) is 9.47. The van der Waals surface area contributed by atoms with E-state index < -0.39 is 11.5 Å². The van der Waals surface area contributed by atoms with Crippen LogP contribution in [-0.4, -0.2) is 34.1 Å². The Labute approximate surface area is 111 Å². The predicted molar refractivity (Wildman–Crippen MR) is 72.6 cm³/mol. The first-order valence-corrected chi connectivity index (χ1v) is 7.58. The van der Waals surface area contributed by atoms with Crippen molar-refractivity contribution in [1.82, 2.24) is 4.90 Å². The van der Waals surface area contributed by atoms with Gasteiger partial charge in [0.1, 0.15) is 5.54 Å². The van der Waals surface area contributed by atoms with Gasteiger partial charge in [-0.3, -0.25) is 9.69 Å².